The van der Waals surface area contributed by atoms with E-state index in [9.17, 15) is 39.7 Å². The molecule has 2 aliphatic carbocycles. The van der Waals surface area contributed by atoms with Crippen LogP contribution in [-0.2, 0) is 14.4 Å². The Hall–Kier alpha value is -7.10. The number of nitrogens with one attached hydrogen (secondary N) is 1. The molecule has 3 aromatic rings. The number of aryl methyl sites for hydroxylation is 1. The van der Waals surface area contributed by atoms with Crippen LogP contribution in [0.15, 0.2) is 106 Å². The number of nitro benzene ring substituents is 2. The van der Waals surface area contributed by atoms with Crippen LogP contribution in [0.2, 0.25) is 0 Å². The lowest BCUT2D eigenvalue weighted by Crippen LogP contribution is -2.28. The molecule has 0 saturated carbocycles. The van der Waals surface area contributed by atoms with E-state index in [1.807, 2.05) is 51.8 Å². The highest BCUT2D eigenvalue weighted by Crippen LogP contribution is 2.44. The zero-order chi connectivity index (χ0) is 42.3. The molecule has 16 heteroatoms. The van der Waals surface area contributed by atoms with Gasteiger partial charge in [-0.3, -0.25) is 34.6 Å². The van der Waals surface area contributed by atoms with Crippen LogP contribution in [0.5, 0.6) is 11.5 Å². The van der Waals surface area contributed by atoms with Gasteiger partial charge in [0.05, 0.1) is 45.6 Å². The van der Waals surface area contributed by atoms with Crippen LogP contribution in [0.3, 0.4) is 0 Å². The lowest BCUT2D eigenvalue weighted by atomic mass is 9.77. The Morgan fingerprint density at radius 3 is 1.84 bits per heavy atom. The van der Waals surface area contributed by atoms with Crippen molar-refractivity contribution in [3.8, 4) is 11.5 Å². The summed E-state index contributed by atoms with van der Waals surface area (Å²) in [5.74, 6) is -0.767. The van der Waals surface area contributed by atoms with Crippen LogP contribution in [0.25, 0.3) is 5.57 Å². The molecule has 16 nitrogen and oxygen atoms in total. The summed E-state index contributed by atoms with van der Waals surface area (Å²) >= 11 is 0. The molecule has 302 valence electrons. The third-order valence-corrected chi connectivity index (χ3v) is 9.32. The summed E-state index contributed by atoms with van der Waals surface area (Å²) in [6.45, 7) is 4.04. The molecule has 0 bridgehead atoms. The molecule has 0 heterocycles. The van der Waals surface area contributed by atoms with Gasteiger partial charge < -0.3 is 29.7 Å². The molecular weight excluding hydrogens is 748 g/mol. The summed E-state index contributed by atoms with van der Waals surface area (Å²) < 4.78 is 11.3. The van der Waals surface area contributed by atoms with E-state index in [1.165, 1.54) is 48.5 Å². The SMILES string of the molecule is CC1=C/C(=C2/C(=O)C(c3cc(C)c(N(C)C)cc3NC(=O)CCCOc3ccc([N+](=O)[O-])cc3)=C2O)C(=NC(=O)CCCOc2ccc([N+](=O)[O-])cc2)C=C1N(C)C. The smallest absolute Gasteiger partial charge is 0.269 e. The fourth-order valence-corrected chi connectivity index (χ4v) is 6.42. The Labute approximate surface area is 334 Å². The molecule has 0 spiro atoms. The molecule has 0 atom stereocenters. The number of allylic oxidation sites excluding steroid dienone is 6. The van der Waals surface area contributed by atoms with Crippen molar-refractivity contribution in [1.82, 2.24) is 4.90 Å². The third-order valence-electron chi connectivity index (χ3n) is 9.32. The molecule has 0 radical (unpaired) electrons. The highest BCUT2D eigenvalue weighted by molar-refractivity contribution is 6.42. The maximum absolute atomic E-state index is 14.1. The number of aliphatic hydroxyl groups is 1. The lowest BCUT2D eigenvalue weighted by molar-refractivity contribution is -0.385. The van der Waals surface area contributed by atoms with Gasteiger partial charge in [0.2, 0.25) is 17.6 Å². The van der Waals surface area contributed by atoms with Crippen LogP contribution in [0.4, 0.5) is 22.7 Å². The van der Waals surface area contributed by atoms with Gasteiger partial charge in [0.25, 0.3) is 11.4 Å². The Kier molecular flexibility index (Phi) is 13.2. The Bertz CT molecular complexity index is 2300. The number of non-ortho nitro benzene ring substituents is 2. The average Bonchev–Trinajstić information content (AvgIpc) is 3.17. The Morgan fingerprint density at radius 2 is 1.34 bits per heavy atom. The van der Waals surface area contributed by atoms with Gasteiger partial charge in [0.1, 0.15) is 17.3 Å². The zero-order valence-corrected chi connectivity index (χ0v) is 33.0. The van der Waals surface area contributed by atoms with Crippen LogP contribution < -0.4 is 19.7 Å². The summed E-state index contributed by atoms with van der Waals surface area (Å²) in [6.07, 6.45) is 4.10. The number of amides is 2. The van der Waals surface area contributed by atoms with Crippen LogP contribution in [-0.4, -0.2) is 84.6 Å². The van der Waals surface area contributed by atoms with Crippen molar-refractivity contribution < 1.29 is 38.8 Å². The van der Waals surface area contributed by atoms with Gasteiger partial charge >= 0.3 is 0 Å². The lowest BCUT2D eigenvalue weighted by Gasteiger charge is -2.29. The largest absolute Gasteiger partial charge is 0.506 e. The van der Waals surface area contributed by atoms with Gasteiger partial charge in [-0.15, -0.1) is 0 Å². The van der Waals surface area contributed by atoms with Crippen molar-refractivity contribution in [3.63, 3.8) is 0 Å². The molecule has 5 rings (SSSR count). The molecule has 0 aromatic heterocycles. The molecular formula is C42H44N6O10. The fraction of sp³-hybridized carbons (Fsp3) is 0.286. The standard InChI is InChI=1S/C42H44N6O10/c1-25-21-31(33(23-35(25)45(3)4)43-37(49)9-7-19-57-29-15-11-27(12-16-29)47(53)54)39-41(51)40(42(39)52)32-22-26(2)36(46(5)6)24-34(32)44-38(50)10-8-20-58-30-17-13-28(14-18-30)48(55)56/h11-18,21-24,51H,7-10,19-20H2,1-6H3,(H,43,49)/b40-32-,44-34?. The third kappa shape index (κ3) is 9.82. The van der Waals surface area contributed by atoms with Crippen LogP contribution in [0.1, 0.15) is 43.7 Å². The van der Waals surface area contributed by atoms with Gasteiger partial charge in [-0.2, -0.15) is 0 Å². The number of hydrogen-bond donors (Lipinski definition) is 2. The minimum atomic E-state index is -0.506. The first-order chi connectivity index (χ1) is 27.5. The molecule has 58 heavy (non-hydrogen) atoms. The van der Waals surface area contributed by atoms with Gasteiger partial charge in [-0.05, 0) is 86.4 Å². The number of ketones is 1. The van der Waals surface area contributed by atoms with Crippen molar-refractivity contribution in [2.75, 3.05) is 51.6 Å². The number of hydrogen-bond acceptors (Lipinski definition) is 12. The number of aliphatic imine (C=N–C) groups is 1. The number of nitro groups is 2. The van der Waals surface area contributed by atoms with E-state index >= 15 is 0 Å². The van der Waals surface area contributed by atoms with E-state index in [1.54, 1.807) is 24.3 Å². The second kappa shape index (κ2) is 18.2. The first-order valence-electron chi connectivity index (χ1n) is 18.3. The number of Topliss-reactive ketones (excluding diaryl/α,β-unsaturated/α-hetero) is 1. The van der Waals surface area contributed by atoms with Crippen molar-refractivity contribution in [2.24, 2.45) is 4.99 Å². The normalized spacial score (nSPS) is 15.6. The summed E-state index contributed by atoms with van der Waals surface area (Å²) in [4.78, 5) is 69.3. The number of rotatable bonds is 16. The van der Waals surface area contributed by atoms with Crippen molar-refractivity contribution in [3.05, 3.63) is 132 Å². The number of anilines is 2. The molecule has 2 amide bonds. The molecule has 0 unspecified atom stereocenters. The summed E-state index contributed by atoms with van der Waals surface area (Å²) in [7, 11) is 7.36. The number of likely N-dealkylation sites (N-methyl/N-ethyl adjacent to an activating group) is 1. The molecule has 0 saturated heterocycles. The zero-order valence-electron chi connectivity index (χ0n) is 33.0. The molecule has 3 aromatic carbocycles. The quantitative estimate of drug-likeness (QED) is 0.0647. The summed E-state index contributed by atoms with van der Waals surface area (Å²) in [5.41, 5.74) is 4.12. The van der Waals surface area contributed by atoms with E-state index in [-0.39, 0.29) is 71.5 Å². The number of carbonyl (C=O) groups excluding carboxylic acids is 3. The average molecular weight is 793 g/mol. The number of aliphatic hydroxyl groups excluding tert-OH is 1. The fourth-order valence-electron chi connectivity index (χ4n) is 6.42. The second-order valence-corrected chi connectivity index (χ2v) is 14.0. The van der Waals surface area contributed by atoms with Crippen LogP contribution >= 0.6 is 0 Å². The van der Waals surface area contributed by atoms with Crippen molar-refractivity contribution >= 4 is 51.6 Å². The summed E-state index contributed by atoms with van der Waals surface area (Å²) in [5, 5.41) is 36.3. The first kappa shape index (κ1) is 42.1. The molecule has 0 aliphatic heterocycles. The highest BCUT2D eigenvalue weighted by Gasteiger charge is 2.40. The number of ether oxygens (including phenoxy) is 2. The van der Waals surface area contributed by atoms with E-state index in [2.05, 4.69) is 10.3 Å². The summed E-state index contributed by atoms with van der Waals surface area (Å²) in [6, 6.07) is 14.7. The Morgan fingerprint density at radius 1 is 0.793 bits per heavy atom. The second-order valence-electron chi connectivity index (χ2n) is 14.0. The van der Waals surface area contributed by atoms with E-state index in [0.717, 1.165) is 22.5 Å². The minimum Gasteiger partial charge on any atom is -0.506 e. The molecule has 2 N–H and O–H groups in total. The first-order valence-corrected chi connectivity index (χ1v) is 18.3. The predicted molar refractivity (Wildman–Crippen MR) is 219 cm³/mol. The van der Waals surface area contributed by atoms with Gasteiger partial charge in [0, 0.05) is 87.8 Å². The van der Waals surface area contributed by atoms with E-state index in [0.29, 0.717) is 35.6 Å². The highest BCUT2D eigenvalue weighted by atomic mass is 16.6. The van der Waals surface area contributed by atoms with Gasteiger partial charge in [-0.25, -0.2) is 4.99 Å². The Balaban J connectivity index is 1.36. The monoisotopic (exact) mass is 792 g/mol. The number of benzene rings is 3. The van der Waals surface area contributed by atoms with E-state index in [4.69, 9.17) is 9.47 Å². The van der Waals surface area contributed by atoms with Gasteiger partial charge in [-0.1, -0.05) is 0 Å². The van der Waals surface area contributed by atoms with Gasteiger partial charge in [0.15, 0.2) is 0 Å². The molecule has 0 fully saturated rings. The van der Waals surface area contributed by atoms with Crippen LogP contribution in [0, 0.1) is 27.2 Å². The molecule has 2 aliphatic rings. The maximum atomic E-state index is 14.1. The predicted octanol–water partition coefficient (Wildman–Crippen LogP) is 7.06. The number of carbonyl (C=O) groups is 3. The minimum absolute atomic E-state index is 0.00790. The van der Waals surface area contributed by atoms with E-state index < -0.39 is 21.5 Å². The number of nitrogens with zero attached hydrogens (tertiary/aromatic N) is 5. The van der Waals surface area contributed by atoms with Crippen molar-refractivity contribution in [2.45, 2.75) is 39.5 Å². The topological polar surface area (TPSA) is 207 Å². The maximum Gasteiger partial charge on any atom is 0.269 e. The van der Waals surface area contributed by atoms with Crippen molar-refractivity contribution in [1.29, 1.82) is 0 Å².